The summed E-state index contributed by atoms with van der Waals surface area (Å²) >= 11 is 0. The van der Waals surface area contributed by atoms with Gasteiger partial charge in [0.25, 0.3) is 0 Å². The summed E-state index contributed by atoms with van der Waals surface area (Å²) in [6.07, 6.45) is 0.920. The van der Waals surface area contributed by atoms with Crippen molar-refractivity contribution in [1.82, 2.24) is 15.5 Å². The van der Waals surface area contributed by atoms with Gasteiger partial charge in [0.2, 0.25) is 11.8 Å². The predicted molar refractivity (Wildman–Crippen MR) is 137 cm³/mol. The van der Waals surface area contributed by atoms with Crippen molar-refractivity contribution in [2.75, 3.05) is 0 Å². The number of aliphatic hydroxyl groups is 1. The first-order valence-electron chi connectivity index (χ1n) is 12.5. The number of hydrogen-bond donors (Lipinski definition) is 4. The molecule has 9 heteroatoms. The third-order valence-electron chi connectivity index (χ3n) is 6.99. The van der Waals surface area contributed by atoms with Gasteiger partial charge in [-0.2, -0.15) is 10.4 Å². The summed E-state index contributed by atoms with van der Waals surface area (Å²) in [5.74, 6) is 7.02. The third kappa shape index (κ3) is 4.75. The van der Waals surface area contributed by atoms with Gasteiger partial charge < -0.3 is 25.6 Å². The summed E-state index contributed by atoms with van der Waals surface area (Å²) in [5.41, 5.74) is 9.25. The molecule has 0 spiro atoms. The molecule has 1 unspecified atom stereocenters. The van der Waals surface area contributed by atoms with Crippen molar-refractivity contribution in [2.24, 2.45) is 17.6 Å². The maximum Gasteiger partial charge on any atom is 0.407 e. The molecule has 1 aromatic heterocycles. The Labute approximate surface area is 217 Å². The van der Waals surface area contributed by atoms with Crippen LogP contribution < -0.4 is 15.8 Å². The lowest BCUT2D eigenvalue weighted by molar-refractivity contribution is 0.105. The number of nitrogens with zero attached hydrogens (tertiary/aromatic N) is 2. The number of aliphatic hydroxyl groups excluding tert-OH is 1. The van der Waals surface area contributed by atoms with E-state index in [4.69, 9.17) is 15.2 Å². The summed E-state index contributed by atoms with van der Waals surface area (Å²) in [6.45, 7) is 9.35. The Kier molecular flexibility index (Phi) is 7.20. The van der Waals surface area contributed by atoms with Gasteiger partial charge >= 0.3 is 6.09 Å². The van der Waals surface area contributed by atoms with E-state index in [-0.39, 0.29) is 36.5 Å². The van der Waals surface area contributed by atoms with Gasteiger partial charge in [0.05, 0.1) is 29.4 Å². The molecule has 194 valence electrons. The minimum absolute atomic E-state index is 0.0263. The number of aromatic amines is 1. The number of ether oxygens (including phenoxy) is 2. The Balaban J connectivity index is 1.69. The number of allylic oxidation sites excluding steroid dienone is 1. The highest BCUT2D eigenvalue weighted by atomic mass is 16.6. The average Bonchev–Trinajstić information content (AvgIpc) is 3.18. The van der Waals surface area contributed by atoms with Crippen LogP contribution in [0.25, 0.3) is 0 Å². The number of carbonyl (C=O) groups is 1. The number of nitrogens with two attached hydrogens (primary N) is 1. The number of rotatable bonds is 5. The topological polar surface area (TPSA) is 146 Å². The molecule has 5 N–H and O–H groups in total. The zero-order chi connectivity index (χ0) is 26.9. The number of amides is 1. The Morgan fingerprint density at radius 2 is 2.08 bits per heavy atom. The molecule has 1 saturated carbocycles. The van der Waals surface area contributed by atoms with E-state index in [0.29, 0.717) is 22.7 Å². The number of fused-ring (bicyclic) bond motifs is 1. The zero-order valence-corrected chi connectivity index (χ0v) is 21.8. The van der Waals surface area contributed by atoms with E-state index in [1.54, 1.807) is 0 Å². The van der Waals surface area contributed by atoms with Crippen molar-refractivity contribution in [1.29, 1.82) is 5.26 Å². The number of alkyl carbamates (subject to hydrolysis) is 1. The number of aryl methyl sites for hydroxylation is 1. The van der Waals surface area contributed by atoms with Crippen molar-refractivity contribution < 1.29 is 19.4 Å². The van der Waals surface area contributed by atoms with Crippen LogP contribution in [0, 0.1) is 41.9 Å². The van der Waals surface area contributed by atoms with Crippen LogP contribution in [-0.2, 0) is 16.8 Å². The zero-order valence-electron chi connectivity index (χ0n) is 21.8. The van der Waals surface area contributed by atoms with Crippen molar-refractivity contribution in [2.45, 2.75) is 71.6 Å². The summed E-state index contributed by atoms with van der Waals surface area (Å²) in [7, 11) is 0. The lowest BCUT2D eigenvalue weighted by Crippen LogP contribution is -2.44. The highest BCUT2D eigenvalue weighted by Crippen LogP contribution is 2.52. The van der Waals surface area contributed by atoms with Gasteiger partial charge in [-0.05, 0) is 62.8 Å². The fourth-order valence-corrected chi connectivity index (χ4v) is 5.31. The SMILES string of the molecule is Cc1n[nH]c2c1C(c1cc(C#C[C@H]3C[C@@H](NC(=O)OC(C)C)C3)cc(CO)c1)(C(C)C)C(C#N)=C(N)O2. The first-order valence-corrected chi connectivity index (χ1v) is 12.5. The molecule has 37 heavy (non-hydrogen) atoms. The van der Waals surface area contributed by atoms with Crippen LogP contribution >= 0.6 is 0 Å². The normalized spacial score (nSPS) is 22.4. The van der Waals surface area contributed by atoms with Crippen molar-refractivity contribution in [3.8, 4) is 23.8 Å². The lowest BCUT2D eigenvalue weighted by Gasteiger charge is -2.41. The Bertz CT molecular complexity index is 1330. The van der Waals surface area contributed by atoms with Crippen LogP contribution in [0.15, 0.2) is 29.7 Å². The van der Waals surface area contributed by atoms with E-state index in [0.717, 1.165) is 29.5 Å². The van der Waals surface area contributed by atoms with E-state index in [1.165, 1.54) is 0 Å². The average molecular weight is 504 g/mol. The van der Waals surface area contributed by atoms with Crippen molar-refractivity contribution >= 4 is 6.09 Å². The number of hydrogen-bond acceptors (Lipinski definition) is 7. The molecule has 9 nitrogen and oxygen atoms in total. The second-order valence-corrected chi connectivity index (χ2v) is 10.2. The summed E-state index contributed by atoms with van der Waals surface area (Å²) in [5, 5.41) is 30.3. The third-order valence-corrected chi connectivity index (χ3v) is 6.99. The molecule has 1 amide bonds. The fraction of sp³-hybridized carbons (Fsp3) is 0.464. The van der Waals surface area contributed by atoms with E-state index < -0.39 is 11.5 Å². The summed E-state index contributed by atoms with van der Waals surface area (Å²) in [6, 6.07) is 8.02. The molecule has 2 heterocycles. The second-order valence-electron chi connectivity index (χ2n) is 10.2. The van der Waals surface area contributed by atoms with Crippen LogP contribution in [0.1, 0.15) is 68.5 Å². The minimum Gasteiger partial charge on any atom is -0.447 e. The number of nitrogens with one attached hydrogen (secondary N) is 2. The smallest absolute Gasteiger partial charge is 0.407 e. The van der Waals surface area contributed by atoms with E-state index in [9.17, 15) is 15.2 Å². The number of aromatic nitrogens is 2. The highest BCUT2D eigenvalue weighted by molar-refractivity contribution is 5.68. The lowest BCUT2D eigenvalue weighted by atomic mass is 9.61. The molecular formula is C28H33N5O4. The van der Waals surface area contributed by atoms with Gasteiger partial charge in [0.15, 0.2) is 0 Å². The number of benzene rings is 1. The standard InChI is InChI=1S/C28H33N5O4/c1-15(2)28(23(13-29)25(30)37-26-24(28)17(5)32-33-26)21-9-18(8-20(10-21)14-34)6-7-19-11-22(12-19)31-27(35)36-16(3)4/h8-10,15-16,19,22,34H,11-12,14,30H2,1-5H3,(H,31,35)(H,32,33)/t19-,22+,28?. The summed E-state index contributed by atoms with van der Waals surface area (Å²) < 4.78 is 10.9. The maximum absolute atomic E-state index is 11.8. The molecule has 0 radical (unpaired) electrons. The van der Waals surface area contributed by atoms with Gasteiger partial charge in [-0.15, -0.1) is 0 Å². The van der Waals surface area contributed by atoms with Crippen molar-refractivity contribution in [3.05, 3.63) is 57.6 Å². The summed E-state index contributed by atoms with van der Waals surface area (Å²) in [4.78, 5) is 11.8. The molecule has 1 fully saturated rings. The van der Waals surface area contributed by atoms with E-state index in [2.05, 4.69) is 33.4 Å². The van der Waals surface area contributed by atoms with E-state index >= 15 is 0 Å². The molecule has 2 aliphatic rings. The minimum atomic E-state index is -0.937. The Morgan fingerprint density at radius 1 is 1.35 bits per heavy atom. The van der Waals surface area contributed by atoms with Crippen LogP contribution in [-0.4, -0.2) is 33.5 Å². The van der Waals surface area contributed by atoms with E-state index in [1.807, 2.05) is 52.8 Å². The Morgan fingerprint density at radius 3 is 2.70 bits per heavy atom. The maximum atomic E-state index is 11.8. The molecule has 0 saturated heterocycles. The van der Waals surface area contributed by atoms with Crippen molar-refractivity contribution in [3.63, 3.8) is 0 Å². The van der Waals surface area contributed by atoms with Gasteiger partial charge in [0, 0.05) is 17.5 Å². The number of nitriles is 1. The molecule has 4 rings (SSSR count). The second kappa shape index (κ2) is 10.2. The number of H-pyrrole nitrogens is 1. The van der Waals surface area contributed by atoms with Gasteiger partial charge in [-0.25, -0.2) is 9.89 Å². The van der Waals surface area contributed by atoms with Crippen LogP contribution in [0.3, 0.4) is 0 Å². The molecule has 1 aliphatic heterocycles. The van der Waals surface area contributed by atoms with Gasteiger partial charge in [-0.3, -0.25) is 0 Å². The molecule has 1 aromatic carbocycles. The van der Waals surface area contributed by atoms with Crippen LogP contribution in [0.4, 0.5) is 4.79 Å². The number of carbonyl (C=O) groups excluding carboxylic acids is 1. The Hall–Kier alpha value is -3.95. The first-order chi connectivity index (χ1) is 17.6. The predicted octanol–water partition coefficient (Wildman–Crippen LogP) is 3.50. The highest BCUT2D eigenvalue weighted by Gasteiger charge is 2.50. The van der Waals surface area contributed by atoms with Gasteiger partial charge in [-0.1, -0.05) is 31.8 Å². The first kappa shape index (κ1) is 26.1. The molecule has 0 bridgehead atoms. The quantitative estimate of drug-likeness (QED) is 0.457. The fourth-order valence-electron chi connectivity index (χ4n) is 5.31. The monoisotopic (exact) mass is 503 g/mol. The molecule has 2 aromatic rings. The van der Waals surface area contributed by atoms with Crippen LogP contribution in [0.2, 0.25) is 0 Å². The molecule has 1 aliphatic carbocycles. The largest absolute Gasteiger partial charge is 0.447 e. The van der Waals surface area contributed by atoms with Gasteiger partial charge in [0.1, 0.15) is 11.6 Å². The molecular weight excluding hydrogens is 470 g/mol. The van der Waals surface area contributed by atoms with Crippen LogP contribution in [0.5, 0.6) is 5.88 Å². The molecule has 1 atom stereocenters.